The third kappa shape index (κ3) is 9.27. The maximum absolute atomic E-state index is 10.7. The van der Waals surface area contributed by atoms with Crippen LogP contribution in [0.4, 0.5) is 4.79 Å². The van der Waals surface area contributed by atoms with Gasteiger partial charge >= 0.3 is 6.09 Å². The van der Waals surface area contributed by atoms with Crippen molar-refractivity contribution in [1.29, 1.82) is 0 Å². The van der Waals surface area contributed by atoms with Crippen LogP contribution in [0.25, 0.3) is 0 Å². The van der Waals surface area contributed by atoms with Gasteiger partial charge in [0.05, 0.1) is 6.10 Å². The molecule has 0 saturated carbocycles. The van der Waals surface area contributed by atoms with Gasteiger partial charge < -0.3 is 10.1 Å². The van der Waals surface area contributed by atoms with Crippen molar-refractivity contribution >= 4 is 6.09 Å². The predicted octanol–water partition coefficient (Wildman–Crippen LogP) is 2.17. The Hall–Kier alpha value is -0.730. The highest BCUT2D eigenvalue weighted by atomic mass is 16.6. The Kier molecular flexibility index (Phi) is 7.05. The van der Waals surface area contributed by atoms with Gasteiger partial charge in [-0.15, -0.1) is 0 Å². The second-order valence-electron chi connectivity index (χ2n) is 2.75. The van der Waals surface area contributed by atoms with Crippen LogP contribution < -0.4 is 5.32 Å². The smallest absolute Gasteiger partial charge is 0.407 e. The van der Waals surface area contributed by atoms with Crippen molar-refractivity contribution in [2.75, 3.05) is 0 Å². The molecule has 0 fully saturated rings. The van der Waals surface area contributed by atoms with Gasteiger partial charge in [0.2, 0.25) is 0 Å². The van der Waals surface area contributed by atoms with E-state index in [4.69, 9.17) is 4.74 Å². The van der Waals surface area contributed by atoms with Crippen molar-refractivity contribution in [3.63, 3.8) is 0 Å². The molecule has 0 aromatic rings. The summed E-state index contributed by atoms with van der Waals surface area (Å²) in [5.74, 6) is 0. The zero-order valence-corrected chi connectivity index (χ0v) is 6.97. The molecule has 0 heterocycles. The molecule has 68 valence electrons. The van der Waals surface area contributed by atoms with E-state index in [0.717, 1.165) is 0 Å². The number of nitrogens with one attached hydrogen (secondary N) is 1. The topological polar surface area (TPSA) is 38.3 Å². The molecule has 0 atom stereocenters. The van der Waals surface area contributed by atoms with E-state index in [1.165, 1.54) is 0 Å². The molecule has 0 rings (SSSR count). The van der Waals surface area contributed by atoms with Gasteiger partial charge in [-0.3, -0.25) is 0 Å². The summed E-state index contributed by atoms with van der Waals surface area (Å²) in [4.78, 5) is 10.7. The fourth-order valence-electron chi connectivity index (χ4n) is 0.484. The van der Waals surface area contributed by atoms with Crippen LogP contribution in [-0.4, -0.2) is 18.2 Å². The number of carbonyl (C=O) groups excluding carboxylic acids is 1. The summed E-state index contributed by atoms with van der Waals surface area (Å²) in [5.41, 5.74) is 0. The van der Waals surface area contributed by atoms with Crippen molar-refractivity contribution in [2.24, 2.45) is 0 Å². The zero-order chi connectivity index (χ0) is 8.15. The van der Waals surface area contributed by atoms with Gasteiger partial charge in [-0.2, -0.15) is 0 Å². The van der Waals surface area contributed by atoms with Crippen LogP contribution in [0.1, 0.15) is 35.1 Å². The van der Waals surface area contributed by atoms with Gasteiger partial charge in [-0.25, -0.2) is 4.79 Å². The largest absolute Gasteiger partial charge is 0.447 e. The van der Waals surface area contributed by atoms with E-state index in [1.54, 1.807) is 0 Å². The summed E-state index contributed by atoms with van der Waals surface area (Å²) in [7, 11) is 0. The minimum absolute atomic E-state index is 0. The third-order valence-corrected chi connectivity index (χ3v) is 0.749. The average molecular weight is 161 g/mol. The number of carbonyl (C=O) groups is 1. The lowest BCUT2D eigenvalue weighted by Gasteiger charge is -2.11. The maximum Gasteiger partial charge on any atom is 0.407 e. The quantitative estimate of drug-likeness (QED) is 0.674. The Morgan fingerprint density at radius 3 is 2.00 bits per heavy atom. The monoisotopic (exact) mass is 161 g/mol. The fourth-order valence-corrected chi connectivity index (χ4v) is 0.484. The highest BCUT2D eigenvalue weighted by Gasteiger charge is 2.04. The minimum atomic E-state index is -0.343. The van der Waals surface area contributed by atoms with Crippen molar-refractivity contribution in [1.82, 2.24) is 5.32 Å². The molecule has 0 aromatic carbocycles. The first-order valence-electron chi connectivity index (χ1n) is 3.49. The zero-order valence-electron chi connectivity index (χ0n) is 6.97. The lowest BCUT2D eigenvalue weighted by molar-refractivity contribution is 0.113. The van der Waals surface area contributed by atoms with E-state index in [9.17, 15) is 4.79 Å². The summed E-state index contributed by atoms with van der Waals surface area (Å²) < 4.78 is 4.81. The Morgan fingerprint density at radius 2 is 1.73 bits per heavy atom. The molecule has 0 saturated heterocycles. The lowest BCUT2D eigenvalue weighted by atomic mass is 10.4. The van der Waals surface area contributed by atoms with Gasteiger partial charge in [0.1, 0.15) is 0 Å². The predicted molar refractivity (Wildman–Crippen MR) is 46.6 cm³/mol. The van der Waals surface area contributed by atoms with Crippen molar-refractivity contribution in [3.05, 3.63) is 0 Å². The average Bonchev–Trinajstić information content (AvgIpc) is 1.58. The van der Waals surface area contributed by atoms with Gasteiger partial charge in [0.15, 0.2) is 0 Å². The highest BCUT2D eigenvalue weighted by Crippen LogP contribution is 1.89. The molecule has 1 N–H and O–H groups in total. The standard InChI is InChI=1S/C7H15NO2.CH4/c1-5(2)8-7(9)10-6(3)4;/h5-6H,1-4H3,(H,8,9);1H4. The van der Waals surface area contributed by atoms with E-state index < -0.39 is 0 Å². The van der Waals surface area contributed by atoms with E-state index in [1.807, 2.05) is 27.7 Å². The summed E-state index contributed by atoms with van der Waals surface area (Å²) in [6, 6.07) is 0.145. The summed E-state index contributed by atoms with van der Waals surface area (Å²) >= 11 is 0. The molecule has 3 heteroatoms. The van der Waals surface area contributed by atoms with Crippen molar-refractivity contribution < 1.29 is 9.53 Å². The number of ether oxygens (including phenoxy) is 1. The molecule has 0 aliphatic rings. The van der Waals surface area contributed by atoms with Crippen molar-refractivity contribution in [2.45, 2.75) is 47.3 Å². The van der Waals surface area contributed by atoms with Gasteiger partial charge in [-0.1, -0.05) is 7.43 Å². The minimum Gasteiger partial charge on any atom is -0.447 e. The normalized spacial score (nSPS) is 9.27. The number of amides is 1. The van der Waals surface area contributed by atoms with Crippen LogP contribution in [0.15, 0.2) is 0 Å². The molecule has 1 amide bonds. The molecule has 0 spiro atoms. The summed E-state index contributed by atoms with van der Waals surface area (Å²) in [5, 5.41) is 2.61. The second-order valence-corrected chi connectivity index (χ2v) is 2.75. The maximum atomic E-state index is 10.7. The fraction of sp³-hybridized carbons (Fsp3) is 0.875. The van der Waals surface area contributed by atoms with Crippen LogP contribution in [0, 0.1) is 0 Å². The van der Waals surface area contributed by atoms with Crippen LogP contribution in [0.2, 0.25) is 0 Å². The van der Waals surface area contributed by atoms with E-state index >= 15 is 0 Å². The van der Waals surface area contributed by atoms with Crippen LogP contribution >= 0.6 is 0 Å². The number of rotatable bonds is 2. The molecular weight excluding hydrogens is 142 g/mol. The molecule has 0 aromatic heterocycles. The van der Waals surface area contributed by atoms with Gasteiger partial charge in [0.25, 0.3) is 0 Å². The molecule has 11 heavy (non-hydrogen) atoms. The molecule has 0 bridgehead atoms. The second kappa shape index (κ2) is 6.01. The molecule has 0 aliphatic carbocycles. The van der Waals surface area contributed by atoms with Gasteiger partial charge in [-0.05, 0) is 27.7 Å². The first-order valence-corrected chi connectivity index (χ1v) is 3.49. The molecule has 0 radical (unpaired) electrons. The van der Waals surface area contributed by atoms with E-state index in [0.29, 0.717) is 0 Å². The third-order valence-electron chi connectivity index (χ3n) is 0.749. The van der Waals surface area contributed by atoms with Crippen molar-refractivity contribution in [3.8, 4) is 0 Å². The lowest BCUT2D eigenvalue weighted by Crippen LogP contribution is -2.32. The van der Waals surface area contributed by atoms with E-state index in [2.05, 4.69) is 5.32 Å². The first kappa shape index (κ1) is 12.9. The Balaban J connectivity index is 0. The summed E-state index contributed by atoms with van der Waals surface area (Å²) in [6.45, 7) is 7.42. The number of alkyl carbamates (subject to hydrolysis) is 1. The highest BCUT2D eigenvalue weighted by molar-refractivity contribution is 5.67. The van der Waals surface area contributed by atoms with E-state index in [-0.39, 0.29) is 25.7 Å². The summed E-state index contributed by atoms with van der Waals surface area (Å²) in [6.07, 6.45) is -0.385. The van der Waals surface area contributed by atoms with Crippen LogP contribution in [0.5, 0.6) is 0 Å². The van der Waals surface area contributed by atoms with Crippen LogP contribution in [-0.2, 0) is 4.74 Å². The Labute approximate surface area is 69.1 Å². The number of hydrogen-bond donors (Lipinski definition) is 1. The Bertz CT molecular complexity index is 98.7. The molecule has 0 aliphatic heterocycles. The number of hydrogen-bond acceptors (Lipinski definition) is 2. The van der Waals surface area contributed by atoms with Gasteiger partial charge in [0, 0.05) is 6.04 Å². The Morgan fingerprint density at radius 1 is 1.27 bits per heavy atom. The molecule has 3 nitrogen and oxygen atoms in total. The molecule has 0 unspecified atom stereocenters. The molecular formula is C8H19NO2. The van der Waals surface area contributed by atoms with Crippen LogP contribution in [0.3, 0.4) is 0 Å². The SMILES string of the molecule is C.CC(C)NC(=O)OC(C)C. The first-order chi connectivity index (χ1) is 4.52.